The number of aliphatic hydroxyl groups is 1. The van der Waals surface area contributed by atoms with Gasteiger partial charge in [-0.2, -0.15) is 5.10 Å². The standard InChI is InChI=1S/C18H21N3O4S/c1-13-4-5-15(26-13)12-20(11-14-3-2-10-25-14)18(24)16-6-7-17(23)21(19-16)8-9-22/h2-5,10,22H,6-9,11-12H2,1H3. The number of carbonyl (C=O) groups excluding carboxylic acids is 2. The highest BCUT2D eigenvalue weighted by Gasteiger charge is 2.28. The molecule has 7 nitrogen and oxygen atoms in total. The van der Waals surface area contributed by atoms with Crippen LogP contribution in [0, 0.1) is 6.92 Å². The van der Waals surface area contributed by atoms with Crippen LogP contribution in [0.25, 0.3) is 0 Å². The van der Waals surface area contributed by atoms with Crippen molar-refractivity contribution in [3.05, 3.63) is 46.0 Å². The van der Waals surface area contributed by atoms with Crippen LogP contribution in [0.4, 0.5) is 0 Å². The predicted octanol–water partition coefficient (Wildman–Crippen LogP) is 2.15. The number of hydrazone groups is 1. The van der Waals surface area contributed by atoms with Crippen LogP contribution in [0.15, 0.2) is 40.0 Å². The molecule has 3 rings (SSSR count). The lowest BCUT2D eigenvalue weighted by Gasteiger charge is -2.26. The number of hydrogen-bond donors (Lipinski definition) is 1. The number of nitrogens with zero attached hydrogens (tertiary/aromatic N) is 3. The van der Waals surface area contributed by atoms with Crippen LogP contribution in [0.1, 0.15) is 28.4 Å². The summed E-state index contributed by atoms with van der Waals surface area (Å²) < 4.78 is 5.39. The van der Waals surface area contributed by atoms with Gasteiger partial charge < -0.3 is 14.4 Å². The summed E-state index contributed by atoms with van der Waals surface area (Å²) in [7, 11) is 0. The maximum Gasteiger partial charge on any atom is 0.270 e. The zero-order valence-electron chi connectivity index (χ0n) is 14.6. The van der Waals surface area contributed by atoms with Gasteiger partial charge in [0.2, 0.25) is 5.91 Å². The van der Waals surface area contributed by atoms with E-state index in [0.29, 0.717) is 31.0 Å². The van der Waals surface area contributed by atoms with Crippen LogP contribution in [-0.4, -0.2) is 45.7 Å². The highest BCUT2D eigenvalue weighted by molar-refractivity contribution is 7.11. The Morgan fingerprint density at radius 3 is 2.85 bits per heavy atom. The third kappa shape index (κ3) is 4.39. The Morgan fingerprint density at radius 1 is 1.35 bits per heavy atom. The first-order chi connectivity index (χ1) is 12.6. The number of β-amino-alcohol motifs (C(OH)–C–C–N with tert-alkyl or cyclic N) is 1. The van der Waals surface area contributed by atoms with Crippen molar-refractivity contribution in [3.8, 4) is 0 Å². The summed E-state index contributed by atoms with van der Waals surface area (Å²) >= 11 is 1.64. The molecule has 0 atom stereocenters. The van der Waals surface area contributed by atoms with Gasteiger partial charge >= 0.3 is 0 Å². The minimum absolute atomic E-state index is 0.0952. The van der Waals surface area contributed by atoms with Gasteiger partial charge in [0, 0.05) is 22.6 Å². The minimum atomic E-state index is -0.220. The molecule has 2 aromatic rings. The lowest BCUT2D eigenvalue weighted by atomic mass is 10.1. The zero-order valence-corrected chi connectivity index (χ0v) is 15.4. The molecule has 0 aliphatic carbocycles. The van der Waals surface area contributed by atoms with Gasteiger partial charge in [0.25, 0.3) is 5.91 Å². The number of aryl methyl sites for hydroxylation is 1. The molecule has 0 saturated heterocycles. The van der Waals surface area contributed by atoms with Gasteiger partial charge in [0.1, 0.15) is 11.5 Å². The molecule has 0 aromatic carbocycles. The van der Waals surface area contributed by atoms with Crippen molar-refractivity contribution in [2.45, 2.75) is 32.9 Å². The van der Waals surface area contributed by atoms with E-state index in [2.05, 4.69) is 5.10 Å². The Morgan fingerprint density at radius 2 is 2.19 bits per heavy atom. The summed E-state index contributed by atoms with van der Waals surface area (Å²) in [5, 5.41) is 14.4. The fraction of sp³-hybridized carbons (Fsp3) is 0.389. The molecule has 138 valence electrons. The van der Waals surface area contributed by atoms with Crippen LogP contribution in [-0.2, 0) is 22.7 Å². The average molecular weight is 375 g/mol. The zero-order chi connectivity index (χ0) is 18.5. The highest BCUT2D eigenvalue weighted by atomic mass is 32.1. The van der Waals surface area contributed by atoms with Crippen LogP contribution in [0.5, 0.6) is 0 Å². The number of furan rings is 1. The van der Waals surface area contributed by atoms with Crippen molar-refractivity contribution in [2.75, 3.05) is 13.2 Å². The Kier molecular flexibility index (Phi) is 5.85. The summed E-state index contributed by atoms with van der Waals surface area (Å²) in [6.07, 6.45) is 2.10. The second-order valence-electron chi connectivity index (χ2n) is 6.04. The Hall–Kier alpha value is -2.45. The largest absolute Gasteiger partial charge is 0.467 e. The highest BCUT2D eigenvalue weighted by Crippen LogP contribution is 2.20. The van der Waals surface area contributed by atoms with E-state index in [1.54, 1.807) is 28.6 Å². The molecule has 0 radical (unpaired) electrons. The van der Waals surface area contributed by atoms with E-state index in [1.807, 2.05) is 25.1 Å². The van der Waals surface area contributed by atoms with Gasteiger partial charge in [-0.05, 0) is 31.2 Å². The summed E-state index contributed by atoms with van der Waals surface area (Å²) in [6.45, 7) is 2.70. The van der Waals surface area contributed by atoms with Gasteiger partial charge in [-0.1, -0.05) is 0 Å². The molecule has 0 spiro atoms. The second-order valence-corrected chi connectivity index (χ2v) is 7.41. The number of rotatable bonds is 7. The Labute approximate surface area is 155 Å². The molecule has 0 unspecified atom stereocenters. The fourth-order valence-electron chi connectivity index (χ4n) is 2.76. The maximum atomic E-state index is 13.0. The number of thiophene rings is 1. The number of aliphatic hydroxyl groups excluding tert-OH is 1. The molecule has 1 N–H and O–H groups in total. The summed E-state index contributed by atoms with van der Waals surface area (Å²) in [5.74, 6) is 0.288. The normalized spacial score (nSPS) is 14.5. The van der Waals surface area contributed by atoms with E-state index in [4.69, 9.17) is 9.52 Å². The summed E-state index contributed by atoms with van der Waals surface area (Å²) in [4.78, 5) is 28.8. The third-order valence-corrected chi connectivity index (χ3v) is 5.01. The van der Waals surface area contributed by atoms with Gasteiger partial charge in [0.15, 0.2) is 0 Å². The van der Waals surface area contributed by atoms with E-state index in [0.717, 1.165) is 4.88 Å². The molecular formula is C18H21N3O4S. The Bertz CT molecular complexity index is 797. The van der Waals surface area contributed by atoms with Gasteiger partial charge in [-0.25, -0.2) is 5.01 Å². The van der Waals surface area contributed by atoms with Crippen molar-refractivity contribution in [2.24, 2.45) is 5.10 Å². The minimum Gasteiger partial charge on any atom is -0.467 e. The molecule has 1 aliphatic heterocycles. The van der Waals surface area contributed by atoms with Gasteiger partial charge in [0.05, 0.1) is 32.5 Å². The van der Waals surface area contributed by atoms with Crippen molar-refractivity contribution in [1.82, 2.24) is 9.91 Å². The average Bonchev–Trinajstić information content (AvgIpc) is 3.28. The van der Waals surface area contributed by atoms with E-state index < -0.39 is 0 Å². The summed E-state index contributed by atoms with van der Waals surface area (Å²) in [5.41, 5.74) is 0.331. The molecular weight excluding hydrogens is 354 g/mol. The predicted molar refractivity (Wildman–Crippen MR) is 97.5 cm³/mol. The van der Waals surface area contributed by atoms with Crippen LogP contribution < -0.4 is 0 Å². The van der Waals surface area contributed by atoms with Crippen molar-refractivity contribution >= 4 is 28.9 Å². The molecule has 2 aromatic heterocycles. The molecule has 8 heteroatoms. The van der Waals surface area contributed by atoms with Crippen LogP contribution in [0.2, 0.25) is 0 Å². The van der Waals surface area contributed by atoms with Crippen molar-refractivity contribution < 1.29 is 19.1 Å². The lowest BCUT2D eigenvalue weighted by Crippen LogP contribution is -2.41. The van der Waals surface area contributed by atoms with E-state index in [1.165, 1.54) is 9.89 Å². The van der Waals surface area contributed by atoms with E-state index in [9.17, 15) is 9.59 Å². The molecule has 26 heavy (non-hydrogen) atoms. The second kappa shape index (κ2) is 8.29. The van der Waals surface area contributed by atoms with Crippen LogP contribution >= 0.6 is 11.3 Å². The molecule has 1 aliphatic rings. The topological polar surface area (TPSA) is 86.3 Å². The summed E-state index contributed by atoms with van der Waals surface area (Å²) in [6, 6.07) is 7.64. The molecule has 2 amide bonds. The van der Waals surface area contributed by atoms with E-state index >= 15 is 0 Å². The Balaban J connectivity index is 1.81. The monoisotopic (exact) mass is 375 g/mol. The SMILES string of the molecule is Cc1ccc(CN(Cc2ccco2)C(=O)C2=NN(CCO)C(=O)CC2)s1. The molecule has 0 saturated carbocycles. The number of hydrogen-bond acceptors (Lipinski definition) is 6. The third-order valence-electron chi connectivity index (χ3n) is 4.02. The first kappa shape index (κ1) is 18.3. The van der Waals surface area contributed by atoms with Crippen molar-refractivity contribution in [1.29, 1.82) is 0 Å². The first-order valence-corrected chi connectivity index (χ1v) is 9.24. The molecule has 3 heterocycles. The molecule has 0 fully saturated rings. The quantitative estimate of drug-likeness (QED) is 0.803. The van der Waals surface area contributed by atoms with Crippen LogP contribution in [0.3, 0.4) is 0 Å². The number of amides is 2. The van der Waals surface area contributed by atoms with Gasteiger partial charge in [-0.15, -0.1) is 11.3 Å². The first-order valence-electron chi connectivity index (χ1n) is 8.42. The smallest absolute Gasteiger partial charge is 0.270 e. The molecule has 0 bridgehead atoms. The lowest BCUT2D eigenvalue weighted by molar-refractivity contribution is -0.132. The number of carbonyl (C=O) groups is 2. The fourth-order valence-corrected chi connectivity index (χ4v) is 3.66. The van der Waals surface area contributed by atoms with Gasteiger partial charge in [-0.3, -0.25) is 9.59 Å². The van der Waals surface area contributed by atoms with E-state index in [-0.39, 0.29) is 31.4 Å². The van der Waals surface area contributed by atoms with Crippen molar-refractivity contribution in [3.63, 3.8) is 0 Å². The maximum absolute atomic E-state index is 13.0.